The first-order valence-corrected chi connectivity index (χ1v) is 11.6. The minimum absolute atomic E-state index is 0.0689. The molecule has 1 fully saturated rings. The highest BCUT2D eigenvalue weighted by molar-refractivity contribution is 5.93. The van der Waals surface area contributed by atoms with E-state index in [1.807, 2.05) is 30.5 Å². The molecular formula is C27H32N4O2. The summed E-state index contributed by atoms with van der Waals surface area (Å²) in [6.45, 7) is 3.82. The molecule has 172 valence electrons. The van der Waals surface area contributed by atoms with E-state index in [-0.39, 0.29) is 11.8 Å². The molecule has 6 nitrogen and oxygen atoms in total. The van der Waals surface area contributed by atoms with E-state index in [0.29, 0.717) is 31.6 Å². The maximum Gasteiger partial charge on any atom is 0.274 e. The van der Waals surface area contributed by atoms with Crippen LogP contribution in [0.5, 0.6) is 0 Å². The van der Waals surface area contributed by atoms with Gasteiger partial charge in [0.05, 0.1) is 5.41 Å². The highest BCUT2D eigenvalue weighted by atomic mass is 16.2. The van der Waals surface area contributed by atoms with E-state index in [1.54, 1.807) is 34.6 Å². The number of nitrogens with zero attached hydrogens (tertiary/aromatic N) is 4. The van der Waals surface area contributed by atoms with Crippen LogP contribution < -0.4 is 0 Å². The number of rotatable bonds is 7. The van der Waals surface area contributed by atoms with Crippen molar-refractivity contribution in [3.63, 3.8) is 0 Å². The van der Waals surface area contributed by atoms with Gasteiger partial charge < -0.3 is 9.80 Å². The molecule has 1 atom stereocenters. The van der Waals surface area contributed by atoms with Crippen molar-refractivity contribution in [1.82, 2.24) is 19.6 Å². The van der Waals surface area contributed by atoms with Crippen LogP contribution in [0, 0.1) is 5.41 Å². The minimum atomic E-state index is -0.638. The average molecular weight is 445 g/mol. The van der Waals surface area contributed by atoms with Gasteiger partial charge in [-0.2, -0.15) is 5.10 Å². The summed E-state index contributed by atoms with van der Waals surface area (Å²) < 4.78 is 1.80. The zero-order valence-corrected chi connectivity index (χ0v) is 19.7. The monoisotopic (exact) mass is 444 g/mol. The van der Waals surface area contributed by atoms with Gasteiger partial charge in [-0.3, -0.25) is 14.3 Å². The molecule has 0 spiro atoms. The molecule has 0 bridgehead atoms. The maximum absolute atomic E-state index is 13.4. The van der Waals surface area contributed by atoms with Gasteiger partial charge in [0.15, 0.2) is 0 Å². The van der Waals surface area contributed by atoms with Crippen LogP contribution in [0.15, 0.2) is 66.9 Å². The molecular weight excluding hydrogens is 412 g/mol. The van der Waals surface area contributed by atoms with Crippen molar-refractivity contribution in [3.05, 3.63) is 78.1 Å². The molecule has 2 aromatic carbocycles. The van der Waals surface area contributed by atoms with E-state index < -0.39 is 5.41 Å². The first kappa shape index (κ1) is 22.8. The Labute approximate surface area is 195 Å². The summed E-state index contributed by atoms with van der Waals surface area (Å²) in [6.07, 6.45) is 4.04. The molecule has 6 heteroatoms. The van der Waals surface area contributed by atoms with Crippen molar-refractivity contribution in [2.45, 2.75) is 32.7 Å². The first-order valence-electron chi connectivity index (χ1n) is 11.6. The number of hydrogen-bond acceptors (Lipinski definition) is 3. The summed E-state index contributed by atoms with van der Waals surface area (Å²) in [5, 5.41) is 4.43. The van der Waals surface area contributed by atoms with Gasteiger partial charge in [0.2, 0.25) is 5.91 Å². The molecule has 2 heterocycles. The lowest BCUT2D eigenvalue weighted by molar-refractivity contribution is -0.138. The third kappa shape index (κ3) is 4.85. The number of carbonyl (C=O) groups is 2. The summed E-state index contributed by atoms with van der Waals surface area (Å²) in [4.78, 5) is 30.0. The summed E-state index contributed by atoms with van der Waals surface area (Å²) >= 11 is 0. The fourth-order valence-corrected chi connectivity index (χ4v) is 4.79. The van der Waals surface area contributed by atoms with Gasteiger partial charge in [0, 0.05) is 39.9 Å². The van der Waals surface area contributed by atoms with E-state index in [0.717, 1.165) is 29.7 Å². The minimum Gasteiger partial charge on any atom is -0.348 e. The second-order valence-corrected chi connectivity index (χ2v) is 9.16. The summed E-state index contributed by atoms with van der Waals surface area (Å²) in [5.41, 5.74) is 3.20. The first-order chi connectivity index (χ1) is 15.9. The highest BCUT2D eigenvalue weighted by Crippen LogP contribution is 2.37. The molecule has 1 aliphatic rings. The van der Waals surface area contributed by atoms with Crippen LogP contribution in [-0.4, -0.2) is 58.6 Å². The van der Waals surface area contributed by atoms with Crippen molar-refractivity contribution in [2.75, 3.05) is 27.2 Å². The largest absolute Gasteiger partial charge is 0.348 e. The van der Waals surface area contributed by atoms with Crippen molar-refractivity contribution < 1.29 is 9.59 Å². The van der Waals surface area contributed by atoms with Gasteiger partial charge in [-0.15, -0.1) is 0 Å². The SMILES string of the molecule is CCCn1ccc(C(=O)N2CC[C@](Cc3cccc(-c4ccccc4)c3)(C(=O)N(C)C)C2)n1. The van der Waals surface area contributed by atoms with Gasteiger partial charge in [0.25, 0.3) is 5.91 Å². The summed E-state index contributed by atoms with van der Waals surface area (Å²) in [7, 11) is 3.59. The number of carbonyl (C=O) groups excluding carboxylic acids is 2. The Morgan fingerprint density at radius 3 is 2.52 bits per heavy atom. The van der Waals surface area contributed by atoms with E-state index >= 15 is 0 Å². The van der Waals surface area contributed by atoms with Crippen LogP contribution in [0.3, 0.4) is 0 Å². The number of benzene rings is 2. The number of aromatic nitrogens is 2. The Hall–Kier alpha value is -3.41. The lowest BCUT2D eigenvalue weighted by atomic mass is 9.79. The van der Waals surface area contributed by atoms with Gasteiger partial charge in [-0.1, -0.05) is 61.5 Å². The number of hydrogen-bond donors (Lipinski definition) is 0. The molecule has 0 saturated carbocycles. The molecule has 1 saturated heterocycles. The van der Waals surface area contributed by atoms with Gasteiger partial charge >= 0.3 is 0 Å². The third-order valence-corrected chi connectivity index (χ3v) is 6.39. The fraction of sp³-hybridized carbons (Fsp3) is 0.370. The van der Waals surface area contributed by atoms with Crippen LogP contribution in [0.4, 0.5) is 0 Å². The fourth-order valence-electron chi connectivity index (χ4n) is 4.79. The normalized spacial score (nSPS) is 17.8. The molecule has 4 rings (SSSR count). The van der Waals surface area contributed by atoms with Gasteiger partial charge in [-0.25, -0.2) is 0 Å². The Morgan fingerprint density at radius 2 is 1.79 bits per heavy atom. The topological polar surface area (TPSA) is 58.4 Å². The van der Waals surface area contributed by atoms with Crippen LogP contribution in [0.25, 0.3) is 11.1 Å². The molecule has 0 N–H and O–H groups in total. The highest BCUT2D eigenvalue weighted by Gasteiger charge is 2.47. The number of likely N-dealkylation sites (tertiary alicyclic amines) is 1. The standard InChI is InChI=1S/C27H32N4O2/c1-4-15-31-16-13-24(28-31)25(32)30-17-14-27(20-30,26(33)29(2)3)19-21-9-8-12-23(18-21)22-10-6-5-7-11-22/h5-13,16,18H,4,14-15,17,19-20H2,1-3H3/t27-/m1/s1. The van der Waals surface area contributed by atoms with E-state index in [2.05, 4.69) is 42.4 Å². The van der Waals surface area contributed by atoms with Crippen molar-refractivity contribution >= 4 is 11.8 Å². The molecule has 33 heavy (non-hydrogen) atoms. The Kier molecular flexibility index (Phi) is 6.63. The van der Waals surface area contributed by atoms with E-state index in [1.165, 1.54) is 0 Å². The lowest BCUT2D eigenvalue weighted by Gasteiger charge is -2.31. The summed E-state index contributed by atoms with van der Waals surface area (Å²) in [6, 6.07) is 20.4. The van der Waals surface area contributed by atoms with E-state index in [9.17, 15) is 9.59 Å². The second-order valence-electron chi connectivity index (χ2n) is 9.16. The predicted octanol–water partition coefficient (Wildman–Crippen LogP) is 4.12. The molecule has 1 aromatic heterocycles. The van der Waals surface area contributed by atoms with Gasteiger partial charge in [-0.05, 0) is 42.0 Å². The molecule has 0 aliphatic carbocycles. The maximum atomic E-state index is 13.4. The zero-order chi connectivity index (χ0) is 23.4. The van der Waals surface area contributed by atoms with Crippen molar-refractivity contribution in [1.29, 1.82) is 0 Å². The van der Waals surface area contributed by atoms with Gasteiger partial charge in [0.1, 0.15) is 5.69 Å². The quantitative estimate of drug-likeness (QED) is 0.551. The Morgan fingerprint density at radius 1 is 1.03 bits per heavy atom. The number of aryl methyl sites for hydroxylation is 1. The Bertz CT molecular complexity index is 1120. The molecule has 0 radical (unpaired) electrons. The molecule has 3 aromatic rings. The summed E-state index contributed by atoms with van der Waals surface area (Å²) in [5.74, 6) is -0.0317. The molecule has 2 amide bonds. The van der Waals surface area contributed by atoms with Crippen LogP contribution in [-0.2, 0) is 17.8 Å². The third-order valence-electron chi connectivity index (χ3n) is 6.39. The van der Waals surface area contributed by atoms with E-state index in [4.69, 9.17) is 0 Å². The zero-order valence-electron chi connectivity index (χ0n) is 19.7. The molecule has 0 unspecified atom stereocenters. The second kappa shape index (κ2) is 9.61. The average Bonchev–Trinajstić information content (AvgIpc) is 3.47. The van der Waals surface area contributed by atoms with Crippen molar-refractivity contribution in [3.8, 4) is 11.1 Å². The smallest absolute Gasteiger partial charge is 0.274 e. The Balaban J connectivity index is 1.58. The van der Waals surface area contributed by atoms with Crippen LogP contribution >= 0.6 is 0 Å². The lowest BCUT2D eigenvalue weighted by Crippen LogP contribution is -2.44. The van der Waals surface area contributed by atoms with Crippen LogP contribution in [0.1, 0.15) is 35.8 Å². The van der Waals surface area contributed by atoms with Crippen molar-refractivity contribution in [2.24, 2.45) is 5.41 Å². The number of amides is 2. The van der Waals surface area contributed by atoms with Crippen LogP contribution in [0.2, 0.25) is 0 Å². The molecule has 1 aliphatic heterocycles. The predicted molar refractivity (Wildman–Crippen MR) is 130 cm³/mol.